The van der Waals surface area contributed by atoms with E-state index in [2.05, 4.69) is 37.4 Å². The first-order chi connectivity index (χ1) is 8.61. The van der Waals surface area contributed by atoms with Crippen LogP contribution in [0.2, 0.25) is 0 Å². The predicted octanol–water partition coefficient (Wildman–Crippen LogP) is 1.62. The molecule has 0 bridgehead atoms. The molecule has 0 aromatic carbocycles. The van der Waals surface area contributed by atoms with Gasteiger partial charge in [-0.25, -0.2) is 13.1 Å². The van der Waals surface area contributed by atoms with Gasteiger partial charge in [-0.05, 0) is 22.8 Å². The summed E-state index contributed by atoms with van der Waals surface area (Å²) in [5, 5.41) is 0. The molecule has 1 aromatic rings. The van der Waals surface area contributed by atoms with E-state index < -0.39 is 10.0 Å². The Labute approximate surface area is 114 Å². The first-order valence-corrected chi connectivity index (χ1v) is 7.78. The molecule has 2 rings (SSSR count). The van der Waals surface area contributed by atoms with Gasteiger partial charge in [0.25, 0.3) is 0 Å². The molecular weight excluding hydrogens is 262 g/mol. The van der Waals surface area contributed by atoms with Gasteiger partial charge in [0.2, 0.25) is 10.0 Å². The lowest BCUT2D eigenvalue weighted by Gasteiger charge is -2.09. The minimum absolute atomic E-state index is 0.0475. The highest BCUT2D eigenvalue weighted by molar-refractivity contribution is 7.89. The maximum absolute atomic E-state index is 12.2. The Bertz CT molecular complexity index is 580. The van der Waals surface area contributed by atoms with Crippen molar-refractivity contribution in [3.8, 4) is 0 Å². The minimum Gasteiger partial charge on any atom is -0.398 e. The topological polar surface area (TPSA) is 85.1 Å². The first-order valence-electron chi connectivity index (χ1n) is 6.30. The van der Waals surface area contributed by atoms with Crippen molar-refractivity contribution >= 4 is 15.7 Å². The zero-order valence-corrected chi connectivity index (χ0v) is 12.6. The molecule has 1 aliphatic carbocycles. The summed E-state index contributed by atoms with van der Waals surface area (Å²) in [4.78, 5) is 3.86. The maximum atomic E-state index is 12.2. The fourth-order valence-corrected chi connectivity index (χ4v) is 3.85. The Morgan fingerprint density at radius 1 is 1.32 bits per heavy atom. The first kappa shape index (κ1) is 14.3. The van der Waals surface area contributed by atoms with Crippen molar-refractivity contribution in [2.24, 2.45) is 16.7 Å². The molecule has 0 atom stereocenters. The lowest BCUT2D eigenvalue weighted by Crippen LogP contribution is -2.28. The largest absolute Gasteiger partial charge is 0.398 e. The molecule has 0 amide bonds. The number of nitrogens with zero attached hydrogens (tertiary/aromatic N) is 1. The number of nitrogens with two attached hydrogens (primary N) is 1. The number of anilines is 1. The second-order valence-electron chi connectivity index (χ2n) is 6.26. The van der Waals surface area contributed by atoms with Crippen molar-refractivity contribution < 1.29 is 8.42 Å². The number of pyridine rings is 1. The molecule has 1 heterocycles. The molecule has 1 fully saturated rings. The van der Waals surface area contributed by atoms with Crippen LogP contribution in [0.1, 0.15) is 27.7 Å². The Kier molecular flexibility index (Phi) is 3.14. The molecule has 0 aliphatic heterocycles. The molecule has 0 unspecified atom stereocenters. The van der Waals surface area contributed by atoms with E-state index in [0.29, 0.717) is 12.5 Å². The van der Waals surface area contributed by atoms with Crippen molar-refractivity contribution in [3.63, 3.8) is 0 Å². The standard InChI is InChI=1S/C13H21N3O2S/c1-12(2)11(13(12,3)4)8-16-19(17,18)10-7-15-6-5-9(10)14/h5-7,11,16H,8H2,1-4H3,(H2,14,15). The Morgan fingerprint density at radius 2 is 1.89 bits per heavy atom. The number of hydrogen-bond donors (Lipinski definition) is 2. The zero-order valence-electron chi connectivity index (χ0n) is 11.8. The van der Waals surface area contributed by atoms with Gasteiger partial charge >= 0.3 is 0 Å². The van der Waals surface area contributed by atoms with Crippen LogP contribution < -0.4 is 10.5 Å². The zero-order chi connectivity index (χ0) is 14.5. The molecule has 1 saturated carbocycles. The van der Waals surface area contributed by atoms with Gasteiger partial charge in [0.05, 0.1) is 5.69 Å². The fourth-order valence-electron chi connectivity index (χ4n) is 2.73. The molecule has 106 valence electrons. The summed E-state index contributed by atoms with van der Waals surface area (Å²) >= 11 is 0. The van der Waals surface area contributed by atoms with E-state index in [1.165, 1.54) is 18.5 Å². The lowest BCUT2D eigenvalue weighted by molar-refractivity contribution is 0.457. The normalized spacial score (nSPS) is 21.3. The fraction of sp³-hybridized carbons (Fsp3) is 0.615. The van der Waals surface area contributed by atoms with Crippen molar-refractivity contribution in [3.05, 3.63) is 18.5 Å². The summed E-state index contributed by atoms with van der Waals surface area (Å²) in [5.41, 5.74) is 6.19. The third-order valence-electron chi connectivity index (χ3n) is 4.90. The van der Waals surface area contributed by atoms with E-state index in [1.54, 1.807) is 0 Å². The van der Waals surface area contributed by atoms with Crippen molar-refractivity contribution in [2.45, 2.75) is 32.6 Å². The van der Waals surface area contributed by atoms with E-state index in [-0.39, 0.29) is 21.4 Å². The molecule has 0 saturated heterocycles. The maximum Gasteiger partial charge on any atom is 0.244 e. The van der Waals surface area contributed by atoms with Crippen LogP contribution in [0.15, 0.2) is 23.4 Å². The number of aromatic nitrogens is 1. The third-order valence-corrected chi connectivity index (χ3v) is 6.37. The molecule has 5 nitrogen and oxygen atoms in total. The minimum atomic E-state index is -3.58. The van der Waals surface area contributed by atoms with Gasteiger partial charge in [0.1, 0.15) is 4.90 Å². The van der Waals surface area contributed by atoms with Crippen molar-refractivity contribution in [2.75, 3.05) is 12.3 Å². The average molecular weight is 283 g/mol. The van der Waals surface area contributed by atoms with E-state index in [4.69, 9.17) is 5.73 Å². The van der Waals surface area contributed by atoms with Crippen LogP contribution in [0.25, 0.3) is 0 Å². The van der Waals surface area contributed by atoms with Gasteiger partial charge in [-0.15, -0.1) is 0 Å². The molecule has 1 aromatic heterocycles. The number of hydrogen-bond acceptors (Lipinski definition) is 4. The summed E-state index contributed by atoms with van der Waals surface area (Å²) in [7, 11) is -3.58. The van der Waals surface area contributed by atoms with Crippen LogP contribution in [-0.4, -0.2) is 19.9 Å². The van der Waals surface area contributed by atoms with Crippen molar-refractivity contribution in [1.29, 1.82) is 0 Å². The Morgan fingerprint density at radius 3 is 2.37 bits per heavy atom. The summed E-state index contributed by atoms with van der Waals surface area (Å²) in [6.07, 6.45) is 2.75. The predicted molar refractivity (Wildman–Crippen MR) is 74.9 cm³/mol. The van der Waals surface area contributed by atoms with Gasteiger partial charge in [0, 0.05) is 18.9 Å². The van der Waals surface area contributed by atoms with E-state index >= 15 is 0 Å². The molecule has 0 radical (unpaired) electrons. The summed E-state index contributed by atoms with van der Waals surface area (Å²) in [6.45, 7) is 9.06. The van der Waals surface area contributed by atoms with E-state index in [0.717, 1.165) is 0 Å². The molecule has 0 spiro atoms. The van der Waals surface area contributed by atoms with Crippen LogP contribution in [0.4, 0.5) is 5.69 Å². The molecule has 19 heavy (non-hydrogen) atoms. The smallest absolute Gasteiger partial charge is 0.244 e. The van der Waals surface area contributed by atoms with Crippen LogP contribution >= 0.6 is 0 Å². The number of sulfonamides is 1. The lowest BCUT2D eigenvalue weighted by atomic mass is 10.0. The quantitative estimate of drug-likeness (QED) is 0.879. The molecule has 1 aliphatic rings. The van der Waals surface area contributed by atoms with Crippen LogP contribution in [0.5, 0.6) is 0 Å². The highest BCUT2D eigenvalue weighted by atomic mass is 32.2. The van der Waals surface area contributed by atoms with Crippen molar-refractivity contribution in [1.82, 2.24) is 9.71 Å². The number of nitrogens with one attached hydrogen (secondary N) is 1. The average Bonchev–Trinajstić information content (AvgIpc) is 2.67. The highest BCUT2D eigenvalue weighted by Crippen LogP contribution is 2.67. The second-order valence-corrected chi connectivity index (χ2v) is 8.00. The van der Waals surface area contributed by atoms with Crippen LogP contribution in [0.3, 0.4) is 0 Å². The van der Waals surface area contributed by atoms with Crippen LogP contribution in [-0.2, 0) is 10.0 Å². The monoisotopic (exact) mass is 283 g/mol. The van der Waals surface area contributed by atoms with Gasteiger partial charge < -0.3 is 5.73 Å². The molecular formula is C13H21N3O2S. The second kappa shape index (κ2) is 4.18. The van der Waals surface area contributed by atoms with E-state index in [9.17, 15) is 8.42 Å². The summed E-state index contributed by atoms with van der Waals surface area (Å²) < 4.78 is 27.0. The highest BCUT2D eigenvalue weighted by Gasteiger charge is 2.64. The van der Waals surface area contributed by atoms with Gasteiger partial charge in [0.15, 0.2) is 0 Å². The van der Waals surface area contributed by atoms with Gasteiger partial charge in [-0.2, -0.15) is 0 Å². The summed E-state index contributed by atoms with van der Waals surface area (Å²) in [5.74, 6) is 0.327. The van der Waals surface area contributed by atoms with E-state index in [1.807, 2.05) is 0 Å². The Hall–Kier alpha value is -1.14. The summed E-state index contributed by atoms with van der Waals surface area (Å²) in [6, 6.07) is 1.49. The van der Waals surface area contributed by atoms with Crippen LogP contribution in [0, 0.1) is 16.7 Å². The SMILES string of the molecule is CC1(C)C(CNS(=O)(=O)c2cnccc2N)C1(C)C. The molecule has 3 N–H and O–H groups in total. The molecule has 6 heteroatoms. The third kappa shape index (κ3) is 2.23. The Balaban J connectivity index is 2.11. The van der Waals surface area contributed by atoms with Gasteiger partial charge in [-0.1, -0.05) is 27.7 Å². The number of rotatable bonds is 4. The van der Waals surface area contributed by atoms with Gasteiger partial charge in [-0.3, -0.25) is 4.98 Å². The number of nitrogen functional groups attached to an aromatic ring is 1.